The molecule has 28 heavy (non-hydrogen) atoms. The molecule has 0 N–H and O–H groups in total. The molecule has 2 aromatic rings. The molecule has 0 radical (unpaired) electrons. The molecule has 0 unspecified atom stereocenters. The number of unbranched alkanes of at least 4 members (excludes halogenated alkanes) is 1. The Labute approximate surface area is 183 Å². The van der Waals surface area contributed by atoms with E-state index in [1.807, 2.05) is 18.0 Å². The van der Waals surface area contributed by atoms with E-state index in [0.29, 0.717) is 0 Å². The minimum absolute atomic E-state index is 0. The van der Waals surface area contributed by atoms with E-state index in [1.165, 1.54) is 67.4 Å². The fourth-order valence-corrected chi connectivity index (χ4v) is 4.77. The fraction of sp³-hybridized carbons (Fsp3) is 0.565. The smallest absolute Gasteiger partial charge is 0.253 e. The molecule has 0 saturated carbocycles. The van der Waals surface area contributed by atoms with Gasteiger partial charge in [-0.15, -0.1) is 0 Å². The first-order chi connectivity index (χ1) is 13.1. The number of likely N-dealkylation sites (tertiary alicyclic amines) is 1. The van der Waals surface area contributed by atoms with Gasteiger partial charge in [-0.05, 0) is 75.5 Å². The van der Waals surface area contributed by atoms with Crippen LogP contribution in [-0.2, 0) is 41.0 Å². The van der Waals surface area contributed by atoms with Crippen molar-refractivity contribution in [2.75, 3.05) is 33.2 Å². The molecule has 1 fully saturated rings. The summed E-state index contributed by atoms with van der Waals surface area (Å²) in [6, 6.07) is 6.26. The van der Waals surface area contributed by atoms with Crippen molar-refractivity contribution in [3.63, 3.8) is 0 Å². The normalized spacial score (nSPS) is 16.8. The van der Waals surface area contributed by atoms with Gasteiger partial charge < -0.3 is 20.8 Å². The third-order valence-electron chi connectivity index (χ3n) is 6.39. The van der Waals surface area contributed by atoms with Crippen LogP contribution >= 0.6 is 0 Å². The van der Waals surface area contributed by atoms with Crippen molar-refractivity contribution in [2.24, 2.45) is 7.05 Å². The molecule has 1 amide bonds. The Kier molecular flexibility index (Phi) is 7.39. The maximum atomic E-state index is 12.9. The van der Waals surface area contributed by atoms with Crippen LogP contribution in [-0.4, -0.2) is 53.5 Å². The number of hydrogen-bond donors (Lipinski definition) is 0. The van der Waals surface area contributed by atoms with Crippen molar-refractivity contribution in [2.45, 2.75) is 44.9 Å². The van der Waals surface area contributed by atoms with Crippen LogP contribution in [0, 0.1) is 6.42 Å². The number of benzene rings is 1. The number of aryl methyl sites for hydroxylation is 2. The molecule has 2 aliphatic rings. The number of carbonyl (C=O) groups excluding carboxylic acids is 1. The van der Waals surface area contributed by atoms with Crippen molar-refractivity contribution < 1.29 is 25.9 Å². The van der Waals surface area contributed by atoms with Gasteiger partial charge in [-0.1, -0.05) is 0 Å². The van der Waals surface area contributed by atoms with E-state index in [9.17, 15) is 4.79 Å². The quantitative estimate of drug-likeness (QED) is 0.405. The summed E-state index contributed by atoms with van der Waals surface area (Å²) in [7, 11) is 4.10. The van der Waals surface area contributed by atoms with Gasteiger partial charge in [0.15, 0.2) is 0 Å². The average Bonchev–Trinajstić information content (AvgIpc) is 3.28. The minimum atomic E-state index is 0. The van der Waals surface area contributed by atoms with E-state index in [1.54, 1.807) is 0 Å². The second kappa shape index (κ2) is 9.58. The molecule has 1 aliphatic heterocycles. The standard InChI is InChI=1S/C23H32N3O.W/c1-24(13-6-7-16-26-14-4-3-5-15-26)23(27)18-11-12-22-20(17-18)19-9-8-10-21(19)25(22)2;/h3,11-12,17H,4-10,13-16H2,1-2H3;/q-1;. The van der Waals surface area contributed by atoms with Crippen molar-refractivity contribution in [1.29, 1.82) is 0 Å². The summed E-state index contributed by atoms with van der Waals surface area (Å²) in [6.07, 6.45) is 10.6. The van der Waals surface area contributed by atoms with E-state index in [4.69, 9.17) is 0 Å². The second-order valence-electron chi connectivity index (χ2n) is 8.21. The van der Waals surface area contributed by atoms with Crippen LogP contribution in [0.25, 0.3) is 10.9 Å². The number of piperidine rings is 1. The molecule has 0 bridgehead atoms. The number of rotatable bonds is 6. The van der Waals surface area contributed by atoms with Gasteiger partial charge in [-0.25, -0.2) is 0 Å². The summed E-state index contributed by atoms with van der Waals surface area (Å²) >= 11 is 0. The largest absolute Gasteiger partial charge is 0.347 e. The monoisotopic (exact) mass is 550 g/mol. The zero-order chi connectivity index (χ0) is 18.8. The number of carbonyl (C=O) groups is 1. The van der Waals surface area contributed by atoms with Crippen LogP contribution in [0.4, 0.5) is 0 Å². The maximum absolute atomic E-state index is 12.9. The molecule has 152 valence electrons. The molecular weight excluding hydrogens is 518 g/mol. The molecule has 0 spiro atoms. The Hall–Kier alpha value is -1.12. The number of amides is 1. The molecule has 4 rings (SSSR count). The Balaban J connectivity index is 0.00000225. The number of aromatic nitrogens is 1. The predicted octanol–water partition coefficient (Wildman–Crippen LogP) is 3.82. The third-order valence-corrected chi connectivity index (χ3v) is 6.39. The minimum Gasteiger partial charge on any atom is -0.347 e. The Morgan fingerprint density at radius 1 is 1.18 bits per heavy atom. The van der Waals surface area contributed by atoms with Crippen LogP contribution in [0.15, 0.2) is 18.2 Å². The summed E-state index contributed by atoms with van der Waals surface area (Å²) in [4.78, 5) is 17.3. The molecular formula is C23H32N3OW-. The number of nitrogens with zero attached hydrogens (tertiary/aromatic N) is 3. The number of fused-ring (bicyclic) bond motifs is 3. The molecule has 1 saturated heterocycles. The first-order valence-electron chi connectivity index (χ1n) is 10.5. The summed E-state index contributed by atoms with van der Waals surface area (Å²) < 4.78 is 2.31. The van der Waals surface area contributed by atoms with Crippen molar-refractivity contribution >= 4 is 16.8 Å². The molecule has 4 nitrogen and oxygen atoms in total. The molecule has 1 aromatic heterocycles. The van der Waals surface area contributed by atoms with Gasteiger partial charge in [0.1, 0.15) is 0 Å². The Morgan fingerprint density at radius 2 is 1.96 bits per heavy atom. The molecule has 0 atom stereocenters. The molecule has 2 heterocycles. The van der Waals surface area contributed by atoms with Crippen molar-refractivity contribution in [3.05, 3.63) is 41.4 Å². The van der Waals surface area contributed by atoms with Crippen LogP contribution in [0.3, 0.4) is 0 Å². The van der Waals surface area contributed by atoms with Gasteiger partial charge in [0, 0.05) is 63.9 Å². The van der Waals surface area contributed by atoms with Crippen LogP contribution in [0.1, 0.15) is 53.7 Å². The summed E-state index contributed by atoms with van der Waals surface area (Å²) in [5.74, 6) is 0.153. The average molecular weight is 550 g/mol. The fourth-order valence-electron chi connectivity index (χ4n) is 4.77. The SMILES string of the molecule is CN(CCCCN1CC[CH-]CC1)C(=O)c1ccc2c(c1)c1c(n2C)CCC1.[W]. The second-order valence-corrected chi connectivity index (χ2v) is 8.21. The van der Waals surface area contributed by atoms with E-state index in [2.05, 4.69) is 35.1 Å². The van der Waals surface area contributed by atoms with Crippen LogP contribution in [0.2, 0.25) is 0 Å². The van der Waals surface area contributed by atoms with Crippen molar-refractivity contribution in [3.8, 4) is 0 Å². The van der Waals surface area contributed by atoms with Crippen LogP contribution in [0.5, 0.6) is 0 Å². The van der Waals surface area contributed by atoms with Gasteiger partial charge in [0.25, 0.3) is 5.91 Å². The first kappa shape index (κ1) is 21.6. The van der Waals surface area contributed by atoms with E-state index < -0.39 is 0 Å². The van der Waals surface area contributed by atoms with Gasteiger partial charge in [-0.3, -0.25) is 4.79 Å². The Bertz CT molecular complexity index is 823. The summed E-state index contributed by atoms with van der Waals surface area (Å²) in [5.41, 5.74) is 5.01. The summed E-state index contributed by atoms with van der Waals surface area (Å²) in [5, 5.41) is 1.28. The van der Waals surface area contributed by atoms with Crippen molar-refractivity contribution in [1.82, 2.24) is 14.4 Å². The molecule has 1 aromatic carbocycles. The van der Waals surface area contributed by atoms with Gasteiger partial charge in [-0.2, -0.15) is 12.8 Å². The summed E-state index contributed by atoms with van der Waals surface area (Å²) in [6.45, 7) is 4.41. The molecule has 1 aliphatic carbocycles. The zero-order valence-electron chi connectivity index (χ0n) is 17.2. The third kappa shape index (κ3) is 4.38. The number of hydrogen-bond acceptors (Lipinski definition) is 2. The van der Waals surface area contributed by atoms with Crippen LogP contribution < -0.4 is 0 Å². The van der Waals surface area contributed by atoms with Gasteiger partial charge in [0.2, 0.25) is 0 Å². The van der Waals surface area contributed by atoms with E-state index in [0.717, 1.165) is 31.5 Å². The first-order valence-corrected chi connectivity index (χ1v) is 10.5. The van der Waals surface area contributed by atoms with Gasteiger partial charge >= 0.3 is 0 Å². The maximum Gasteiger partial charge on any atom is 0.253 e. The predicted molar refractivity (Wildman–Crippen MR) is 111 cm³/mol. The zero-order valence-corrected chi connectivity index (χ0v) is 20.2. The Morgan fingerprint density at radius 3 is 2.75 bits per heavy atom. The van der Waals surface area contributed by atoms with Gasteiger partial charge in [0.05, 0.1) is 0 Å². The molecule has 5 heteroatoms. The topological polar surface area (TPSA) is 28.5 Å². The van der Waals surface area contributed by atoms with E-state index >= 15 is 0 Å². The van der Waals surface area contributed by atoms with E-state index in [-0.39, 0.29) is 27.0 Å².